The van der Waals surface area contributed by atoms with Crippen LogP contribution < -0.4 is 9.47 Å². The Balaban J connectivity index is 1.51. The van der Waals surface area contributed by atoms with Gasteiger partial charge in [-0.15, -0.1) is 0 Å². The van der Waals surface area contributed by atoms with Crippen molar-refractivity contribution in [2.24, 2.45) is 0 Å². The molecule has 0 amide bonds. The zero-order valence-electron chi connectivity index (χ0n) is 24.6. The Morgan fingerprint density at radius 3 is 1.90 bits per heavy atom. The summed E-state index contributed by atoms with van der Waals surface area (Å²) in [6.07, 6.45) is 6.49. The fourth-order valence-electron chi connectivity index (χ4n) is 6.79. The predicted molar refractivity (Wildman–Crippen MR) is 178 cm³/mol. The molecule has 1 saturated carbocycles. The molecule has 206 valence electrons. The van der Waals surface area contributed by atoms with E-state index in [0.29, 0.717) is 0 Å². The fourth-order valence-corrected chi connectivity index (χ4v) is 6.79. The molecule has 0 saturated heterocycles. The maximum absolute atomic E-state index is 4.41. The Labute approximate surface area is 249 Å². The van der Waals surface area contributed by atoms with Crippen molar-refractivity contribution in [3.63, 3.8) is 0 Å². The molecule has 0 bridgehead atoms. The molecular formula is C40H37N2+. The highest BCUT2D eigenvalue weighted by atomic mass is 15.1. The Bertz CT molecular complexity index is 1860. The molecule has 0 aliphatic heterocycles. The zero-order chi connectivity index (χ0) is 28.7. The molecule has 6 aromatic rings. The van der Waals surface area contributed by atoms with E-state index in [-0.39, 0.29) is 5.54 Å². The number of nitrogens with zero attached hydrogens (tertiary/aromatic N) is 2. The van der Waals surface area contributed by atoms with Crippen LogP contribution in [0.15, 0.2) is 140 Å². The second-order valence-corrected chi connectivity index (χ2v) is 11.5. The second kappa shape index (κ2) is 10.6. The first-order valence-electron chi connectivity index (χ1n) is 15.2. The van der Waals surface area contributed by atoms with Crippen LogP contribution in [0.25, 0.3) is 32.8 Å². The van der Waals surface area contributed by atoms with E-state index in [1.807, 2.05) is 0 Å². The van der Waals surface area contributed by atoms with Gasteiger partial charge in [0.1, 0.15) is 0 Å². The Kier molecular flexibility index (Phi) is 6.63. The number of aromatic nitrogens is 1. The lowest BCUT2D eigenvalue weighted by molar-refractivity contribution is -0.725. The summed E-state index contributed by atoms with van der Waals surface area (Å²) in [5.74, 6) is 0. The molecule has 1 fully saturated rings. The van der Waals surface area contributed by atoms with E-state index in [4.69, 9.17) is 0 Å². The molecule has 1 aromatic heterocycles. The topological polar surface area (TPSA) is 7.12 Å². The van der Waals surface area contributed by atoms with Gasteiger partial charge in [0.05, 0.1) is 16.9 Å². The third-order valence-corrected chi connectivity index (χ3v) is 9.11. The van der Waals surface area contributed by atoms with Crippen LogP contribution in [0.1, 0.15) is 38.7 Å². The highest BCUT2D eigenvalue weighted by molar-refractivity contribution is 6.04. The monoisotopic (exact) mass is 545 g/mol. The van der Waals surface area contributed by atoms with Gasteiger partial charge >= 0.3 is 0 Å². The van der Waals surface area contributed by atoms with Crippen molar-refractivity contribution in [1.82, 2.24) is 0 Å². The third-order valence-electron chi connectivity index (χ3n) is 9.11. The largest absolute Gasteiger partial charge is 0.309 e. The lowest BCUT2D eigenvalue weighted by Gasteiger charge is -2.29. The minimum Gasteiger partial charge on any atom is -0.309 e. The van der Waals surface area contributed by atoms with E-state index >= 15 is 0 Å². The minimum absolute atomic E-state index is 0.0149. The summed E-state index contributed by atoms with van der Waals surface area (Å²) >= 11 is 0. The van der Waals surface area contributed by atoms with Crippen LogP contribution in [-0.2, 0) is 12.0 Å². The number of hydrogen-bond donors (Lipinski definition) is 0. The van der Waals surface area contributed by atoms with Gasteiger partial charge in [-0.1, -0.05) is 106 Å². The molecule has 0 spiro atoms. The van der Waals surface area contributed by atoms with Gasteiger partial charge < -0.3 is 4.90 Å². The Hall–Kier alpha value is -4.69. The molecule has 1 aliphatic carbocycles. The van der Waals surface area contributed by atoms with Gasteiger partial charge in [-0.3, -0.25) is 0 Å². The summed E-state index contributed by atoms with van der Waals surface area (Å²) in [5.41, 5.74) is 8.81. The number of hydrogen-bond acceptors (Lipinski definition) is 1. The number of fused-ring (bicyclic) bond motifs is 2. The van der Waals surface area contributed by atoms with Crippen LogP contribution in [0.5, 0.6) is 0 Å². The van der Waals surface area contributed by atoms with Gasteiger partial charge in [0, 0.05) is 47.0 Å². The quantitative estimate of drug-likeness (QED) is 0.136. The Morgan fingerprint density at radius 2 is 1.31 bits per heavy atom. The van der Waals surface area contributed by atoms with Gasteiger partial charge in [0.2, 0.25) is 5.69 Å². The number of pyridine rings is 1. The molecule has 1 atom stereocenters. The normalized spacial score (nSPS) is 16.2. The van der Waals surface area contributed by atoms with Gasteiger partial charge in [-0.05, 0) is 53.1 Å². The van der Waals surface area contributed by atoms with E-state index in [0.717, 1.165) is 31.4 Å². The summed E-state index contributed by atoms with van der Waals surface area (Å²) in [7, 11) is 0. The summed E-state index contributed by atoms with van der Waals surface area (Å²) in [6.45, 7) is 8.97. The van der Waals surface area contributed by atoms with Crippen LogP contribution >= 0.6 is 0 Å². The minimum atomic E-state index is 0.0149. The summed E-state index contributed by atoms with van der Waals surface area (Å²) in [4.78, 5) is 2.46. The smallest absolute Gasteiger partial charge is 0.213 e. The molecule has 0 radical (unpaired) electrons. The summed E-state index contributed by atoms with van der Waals surface area (Å²) in [5, 5.41) is 4.95. The van der Waals surface area contributed by atoms with Crippen molar-refractivity contribution >= 4 is 38.6 Å². The summed E-state index contributed by atoms with van der Waals surface area (Å²) < 4.78 is 2.49. The van der Waals surface area contributed by atoms with E-state index in [2.05, 4.69) is 157 Å². The van der Waals surface area contributed by atoms with Crippen LogP contribution in [0.2, 0.25) is 0 Å². The first kappa shape index (κ1) is 26.2. The van der Waals surface area contributed by atoms with Crippen molar-refractivity contribution < 1.29 is 4.57 Å². The van der Waals surface area contributed by atoms with E-state index in [1.165, 1.54) is 55.3 Å². The van der Waals surface area contributed by atoms with Crippen molar-refractivity contribution in [1.29, 1.82) is 0 Å². The van der Waals surface area contributed by atoms with Crippen molar-refractivity contribution in [2.75, 3.05) is 4.90 Å². The molecule has 1 heterocycles. The van der Waals surface area contributed by atoms with Crippen LogP contribution in [0.4, 0.5) is 17.1 Å². The van der Waals surface area contributed by atoms with E-state index < -0.39 is 0 Å². The highest BCUT2D eigenvalue weighted by Gasteiger charge is 2.56. The van der Waals surface area contributed by atoms with Crippen molar-refractivity contribution in [3.8, 4) is 11.3 Å². The molecular weight excluding hydrogens is 508 g/mol. The molecule has 42 heavy (non-hydrogen) atoms. The molecule has 1 unspecified atom stereocenters. The first-order valence-corrected chi connectivity index (χ1v) is 15.2. The fraction of sp³-hybridized carbons (Fsp3) is 0.175. The number of allylic oxidation sites excluding steroid dienone is 1. The number of anilines is 3. The molecule has 2 nitrogen and oxygen atoms in total. The highest BCUT2D eigenvalue weighted by Crippen LogP contribution is 2.48. The third kappa shape index (κ3) is 4.30. The lowest BCUT2D eigenvalue weighted by Crippen LogP contribution is -2.48. The standard InChI is InChI=1S/C40H37N2/c1-4-14-30-24-25-33(27-36(30)37-21-10-11-26-41(37)40(5-2)28-29(40)3)42(38-22-12-17-31-15-6-8-19-34(31)38)39-23-13-18-32-16-7-9-20-35(32)39/h6-13,15-27H,3-5,14,28H2,1-2H3/q+1. The summed E-state index contributed by atoms with van der Waals surface area (Å²) in [6, 6.07) is 44.4. The molecule has 0 N–H and O–H groups in total. The van der Waals surface area contributed by atoms with Gasteiger partial charge in [0.15, 0.2) is 11.7 Å². The maximum atomic E-state index is 4.41. The lowest BCUT2D eigenvalue weighted by atomic mass is 9.96. The SMILES string of the molecule is C=C1CC1(CC)[n+]1ccccc1-c1cc(N(c2cccc3ccccc23)c2cccc3ccccc23)ccc1CCC. The van der Waals surface area contributed by atoms with E-state index in [1.54, 1.807) is 0 Å². The average molecular weight is 546 g/mol. The average Bonchev–Trinajstić information content (AvgIpc) is 3.72. The van der Waals surface area contributed by atoms with Crippen molar-refractivity contribution in [2.45, 2.75) is 45.1 Å². The van der Waals surface area contributed by atoms with Crippen molar-refractivity contribution in [3.05, 3.63) is 145 Å². The van der Waals surface area contributed by atoms with Gasteiger partial charge in [-0.25, -0.2) is 0 Å². The molecule has 7 rings (SSSR count). The molecule has 1 aliphatic rings. The second-order valence-electron chi connectivity index (χ2n) is 11.5. The zero-order valence-corrected chi connectivity index (χ0v) is 24.6. The Morgan fingerprint density at radius 1 is 0.714 bits per heavy atom. The van der Waals surface area contributed by atoms with E-state index in [9.17, 15) is 0 Å². The number of benzene rings is 5. The predicted octanol–water partition coefficient (Wildman–Crippen LogP) is 10.4. The van der Waals surface area contributed by atoms with Crippen LogP contribution in [0.3, 0.4) is 0 Å². The van der Waals surface area contributed by atoms with Crippen LogP contribution in [0, 0.1) is 0 Å². The molecule has 5 aromatic carbocycles. The maximum Gasteiger partial charge on any atom is 0.213 e. The first-order chi connectivity index (χ1) is 20.6. The number of rotatable bonds is 8. The molecule has 2 heteroatoms. The van der Waals surface area contributed by atoms with Gasteiger partial charge in [0.25, 0.3) is 0 Å². The van der Waals surface area contributed by atoms with Crippen LogP contribution in [-0.4, -0.2) is 0 Å². The van der Waals surface area contributed by atoms with Gasteiger partial charge in [-0.2, -0.15) is 4.57 Å². The number of aryl methyl sites for hydroxylation is 1.